The normalized spacial score (nSPS) is 10.4. The lowest BCUT2D eigenvalue weighted by Crippen LogP contribution is -2.04. The fourth-order valence-corrected chi connectivity index (χ4v) is 1.39. The minimum absolute atomic E-state index is 0.0741. The van der Waals surface area contributed by atoms with E-state index in [9.17, 15) is 18.0 Å². The van der Waals surface area contributed by atoms with Crippen molar-refractivity contribution in [2.75, 3.05) is 0 Å². The topological polar surface area (TPSA) is 63.1 Å². The summed E-state index contributed by atoms with van der Waals surface area (Å²) in [5, 5.41) is 8.57. The Balaban J connectivity index is 2.52. The Kier molecular flexibility index (Phi) is 2.97. The van der Waals surface area contributed by atoms with Crippen molar-refractivity contribution in [2.45, 2.75) is 0 Å². The van der Waals surface area contributed by atoms with Crippen LogP contribution in [-0.4, -0.2) is 21.0 Å². The van der Waals surface area contributed by atoms with Gasteiger partial charge in [-0.3, -0.25) is 0 Å². The van der Waals surface area contributed by atoms with E-state index in [0.29, 0.717) is 12.1 Å². The summed E-state index contributed by atoms with van der Waals surface area (Å²) in [6.45, 7) is 0. The van der Waals surface area contributed by atoms with Gasteiger partial charge >= 0.3 is 5.97 Å². The highest BCUT2D eigenvalue weighted by Gasteiger charge is 2.15. The molecule has 0 radical (unpaired) electrons. The minimum atomic E-state index is -1.36. The first-order valence-corrected chi connectivity index (χ1v) is 4.69. The molecule has 18 heavy (non-hydrogen) atoms. The molecule has 0 saturated heterocycles. The third-order valence-corrected chi connectivity index (χ3v) is 2.14. The molecule has 1 aromatic carbocycles. The first-order valence-electron chi connectivity index (χ1n) is 4.69. The molecular weight excluding hydrogens is 249 g/mol. The van der Waals surface area contributed by atoms with Crippen LogP contribution in [0.2, 0.25) is 0 Å². The van der Waals surface area contributed by atoms with E-state index in [1.807, 2.05) is 0 Å². The molecule has 0 atom stereocenters. The molecule has 0 spiro atoms. The van der Waals surface area contributed by atoms with Gasteiger partial charge in [0, 0.05) is 30.1 Å². The number of nitrogens with zero attached hydrogens (tertiary/aromatic N) is 2. The highest BCUT2D eigenvalue weighted by atomic mass is 19.1. The Morgan fingerprint density at radius 2 is 1.56 bits per heavy atom. The molecule has 2 aromatic rings. The van der Waals surface area contributed by atoms with Crippen LogP contribution in [0.15, 0.2) is 24.5 Å². The van der Waals surface area contributed by atoms with Crippen molar-refractivity contribution in [3.8, 4) is 11.1 Å². The van der Waals surface area contributed by atoms with E-state index >= 15 is 0 Å². The van der Waals surface area contributed by atoms with Crippen LogP contribution in [0, 0.1) is 17.5 Å². The Hall–Kier alpha value is -2.44. The first-order chi connectivity index (χ1) is 8.49. The summed E-state index contributed by atoms with van der Waals surface area (Å²) in [7, 11) is 0. The summed E-state index contributed by atoms with van der Waals surface area (Å²) < 4.78 is 39.5. The number of aromatic nitrogens is 2. The monoisotopic (exact) mass is 254 g/mol. The lowest BCUT2D eigenvalue weighted by molar-refractivity contribution is 0.0683. The van der Waals surface area contributed by atoms with Gasteiger partial charge in [-0.05, 0) is 0 Å². The van der Waals surface area contributed by atoms with Gasteiger partial charge in [0.25, 0.3) is 0 Å². The van der Waals surface area contributed by atoms with Crippen LogP contribution in [0.1, 0.15) is 10.6 Å². The number of benzene rings is 1. The molecule has 1 heterocycles. The van der Waals surface area contributed by atoms with Crippen LogP contribution in [-0.2, 0) is 0 Å². The van der Waals surface area contributed by atoms with Crippen molar-refractivity contribution in [2.24, 2.45) is 0 Å². The zero-order valence-corrected chi connectivity index (χ0v) is 8.69. The second-order valence-corrected chi connectivity index (χ2v) is 3.34. The van der Waals surface area contributed by atoms with Gasteiger partial charge in [-0.15, -0.1) is 0 Å². The van der Waals surface area contributed by atoms with Crippen molar-refractivity contribution < 1.29 is 23.1 Å². The minimum Gasteiger partial charge on any atom is -0.475 e. The summed E-state index contributed by atoms with van der Waals surface area (Å²) in [6, 6.07) is 1.03. The SMILES string of the molecule is O=C(O)c1ncc(-c2c(F)cc(F)cc2F)cn1. The van der Waals surface area contributed by atoms with Crippen LogP contribution in [0.25, 0.3) is 11.1 Å². The van der Waals surface area contributed by atoms with Crippen LogP contribution >= 0.6 is 0 Å². The lowest BCUT2D eigenvalue weighted by atomic mass is 10.1. The number of hydrogen-bond acceptors (Lipinski definition) is 3. The maximum Gasteiger partial charge on any atom is 0.373 e. The van der Waals surface area contributed by atoms with E-state index in [-0.39, 0.29) is 5.56 Å². The van der Waals surface area contributed by atoms with Gasteiger partial charge in [0.15, 0.2) is 0 Å². The van der Waals surface area contributed by atoms with Crippen molar-refractivity contribution >= 4 is 5.97 Å². The molecule has 2 rings (SSSR count). The second-order valence-electron chi connectivity index (χ2n) is 3.34. The van der Waals surface area contributed by atoms with Crippen LogP contribution in [0.4, 0.5) is 13.2 Å². The first kappa shape index (κ1) is 12.0. The Labute approximate surface area is 98.7 Å². The molecule has 0 aliphatic rings. The molecule has 0 bridgehead atoms. The molecule has 0 aliphatic heterocycles. The maximum atomic E-state index is 13.4. The van der Waals surface area contributed by atoms with Gasteiger partial charge in [-0.1, -0.05) is 0 Å². The van der Waals surface area contributed by atoms with Gasteiger partial charge in [-0.25, -0.2) is 27.9 Å². The van der Waals surface area contributed by atoms with Gasteiger partial charge in [0.1, 0.15) is 17.5 Å². The molecule has 0 fully saturated rings. The molecule has 4 nitrogen and oxygen atoms in total. The standard InChI is InChI=1S/C11H5F3N2O2/c12-6-1-7(13)9(8(14)2-6)5-3-15-10(11(17)18)16-4-5/h1-4H,(H,17,18). The molecule has 7 heteroatoms. The zero-order valence-electron chi connectivity index (χ0n) is 8.69. The number of halogens is 3. The predicted molar refractivity (Wildman–Crippen MR) is 54.3 cm³/mol. The van der Waals surface area contributed by atoms with Crippen LogP contribution < -0.4 is 0 Å². The molecule has 0 unspecified atom stereocenters. The summed E-state index contributed by atoms with van der Waals surface area (Å²) in [4.78, 5) is 17.3. The summed E-state index contributed by atoms with van der Waals surface area (Å²) in [5.41, 5.74) is -0.580. The molecular formula is C11H5F3N2O2. The third kappa shape index (κ3) is 2.15. The van der Waals surface area contributed by atoms with Crippen molar-refractivity contribution in [3.63, 3.8) is 0 Å². The predicted octanol–water partition coefficient (Wildman–Crippen LogP) is 2.26. The van der Waals surface area contributed by atoms with Gasteiger partial charge < -0.3 is 5.11 Å². The molecule has 0 saturated carbocycles. The van der Waals surface area contributed by atoms with E-state index < -0.39 is 34.8 Å². The highest BCUT2D eigenvalue weighted by molar-refractivity contribution is 5.83. The fourth-order valence-electron chi connectivity index (χ4n) is 1.39. The Morgan fingerprint density at radius 3 is 2.00 bits per heavy atom. The number of aromatic carboxylic acids is 1. The average molecular weight is 254 g/mol. The van der Waals surface area contributed by atoms with Crippen LogP contribution in [0.5, 0.6) is 0 Å². The second kappa shape index (κ2) is 4.44. The van der Waals surface area contributed by atoms with E-state index in [1.54, 1.807) is 0 Å². The number of carbonyl (C=O) groups is 1. The Bertz CT molecular complexity index is 591. The van der Waals surface area contributed by atoms with Crippen LogP contribution in [0.3, 0.4) is 0 Å². The molecule has 0 amide bonds. The summed E-state index contributed by atoms with van der Waals surface area (Å²) in [5.74, 6) is -5.13. The maximum absolute atomic E-state index is 13.4. The lowest BCUT2D eigenvalue weighted by Gasteiger charge is -2.04. The molecule has 0 aliphatic carbocycles. The average Bonchev–Trinajstić information content (AvgIpc) is 2.28. The quantitative estimate of drug-likeness (QED) is 0.892. The van der Waals surface area contributed by atoms with E-state index in [0.717, 1.165) is 12.4 Å². The number of carboxylic acids is 1. The fraction of sp³-hybridized carbons (Fsp3) is 0. The zero-order chi connectivity index (χ0) is 13.3. The third-order valence-electron chi connectivity index (χ3n) is 2.14. The molecule has 1 aromatic heterocycles. The van der Waals surface area contributed by atoms with Crippen molar-refractivity contribution in [1.82, 2.24) is 9.97 Å². The van der Waals surface area contributed by atoms with Gasteiger partial charge in [-0.2, -0.15) is 0 Å². The summed E-state index contributed by atoms with van der Waals surface area (Å²) >= 11 is 0. The molecule has 1 N–H and O–H groups in total. The van der Waals surface area contributed by atoms with E-state index in [2.05, 4.69) is 9.97 Å². The largest absolute Gasteiger partial charge is 0.475 e. The van der Waals surface area contributed by atoms with Gasteiger partial charge in [0.05, 0.1) is 5.56 Å². The summed E-state index contributed by atoms with van der Waals surface area (Å²) in [6.07, 6.45) is 1.91. The number of hydrogen-bond donors (Lipinski definition) is 1. The van der Waals surface area contributed by atoms with Crippen molar-refractivity contribution in [1.29, 1.82) is 0 Å². The Morgan fingerprint density at radius 1 is 1.06 bits per heavy atom. The van der Waals surface area contributed by atoms with E-state index in [4.69, 9.17) is 5.11 Å². The van der Waals surface area contributed by atoms with Gasteiger partial charge in [0.2, 0.25) is 5.82 Å². The van der Waals surface area contributed by atoms with Crippen molar-refractivity contribution in [3.05, 3.63) is 47.8 Å². The highest BCUT2D eigenvalue weighted by Crippen LogP contribution is 2.25. The molecule has 92 valence electrons. The number of carboxylic acid groups (broad SMARTS) is 1. The van der Waals surface area contributed by atoms with E-state index in [1.165, 1.54) is 0 Å². The smallest absolute Gasteiger partial charge is 0.373 e. The number of rotatable bonds is 2.